The van der Waals surface area contributed by atoms with Gasteiger partial charge in [0.25, 0.3) is 15.9 Å². The third kappa shape index (κ3) is 5.01. The van der Waals surface area contributed by atoms with Crippen LogP contribution in [0.3, 0.4) is 0 Å². The van der Waals surface area contributed by atoms with Gasteiger partial charge < -0.3 is 5.32 Å². The first-order chi connectivity index (χ1) is 14.3. The van der Waals surface area contributed by atoms with Crippen molar-refractivity contribution < 1.29 is 13.2 Å². The summed E-state index contributed by atoms with van der Waals surface area (Å²) < 4.78 is 26.7. The second-order valence-electron chi connectivity index (χ2n) is 7.00. The Kier molecular flexibility index (Phi) is 6.80. The molecule has 0 aliphatic heterocycles. The Balaban J connectivity index is 1.66. The Hall–Kier alpha value is -2.83. The number of hydrogen-bond donors (Lipinski definition) is 1. The van der Waals surface area contributed by atoms with Gasteiger partial charge in [0.2, 0.25) is 0 Å². The fourth-order valence-electron chi connectivity index (χ4n) is 2.97. The van der Waals surface area contributed by atoms with E-state index in [-0.39, 0.29) is 16.7 Å². The van der Waals surface area contributed by atoms with E-state index in [9.17, 15) is 13.2 Å². The van der Waals surface area contributed by atoms with Crippen LogP contribution < -0.4 is 9.62 Å². The van der Waals surface area contributed by atoms with Crippen LogP contribution in [0.15, 0.2) is 83.8 Å². The number of sulfonamides is 1. The first-order valence-electron chi connectivity index (χ1n) is 9.47. The maximum atomic E-state index is 12.8. The fraction of sp³-hybridized carbons (Fsp3) is 0.174. The third-order valence-electron chi connectivity index (χ3n) is 4.90. The average Bonchev–Trinajstić information content (AvgIpc) is 2.77. The van der Waals surface area contributed by atoms with Crippen LogP contribution in [0.2, 0.25) is 5.02 Å². The predicted octanol–water partition coefficient (Wildman–Crippen LogP) is 4.70. The molecule has 5 nitrogen and oxygen atoms in total. The molecule has 0 radical (unpaired) electrons. The van der Waals surface area contributed by atoms with Crippen LogP contribution in [0.25, 0.3) is 0 Å². The van der Waals surface area contributed by atoms with E-state index in [1.165, 1.54) is 35.6 Å². The highest BCUT2D eigenvalue weighted by molar-refractivity contribution is 7.92. The second kappa shape index (κ2) is 9.32. The van der Waals surface area contributed by atoms with E-state index < -0.39 is 10.0 Å². The minimum absolute atomic E-state index is 0.145. The van der Waals surface area contributed by atoms with Crippen LogP contribution in [0.5, 0.6) is 0 Å². The number of carbonyl (C=O) groups is 1. The summed E-state index contributed by atoms with van der Waals surface area (Å²) in [6, 6.07) is 22.4. The smallest absolute Gasteiger partial charge is 0.264 e. The van der Waals surface area contributed by atoms with E-state index in [4.69, 9.17) is 11.6 Å². The molecule has 0 spiro atoms. The number of benzene rings is 3. The van der Waals surface area contributed by atoms with Crippen molar-refractivity contribution in [3.05, 3.63) is 95.0 Å². The SMILES string of the molecule is C[C@H](CNC(=O)c1ccc(N(C)S(=O)(=O)c2ccc(Cl)cc2)cc1)c1ccccc1. The Morgan fingerprint density at radius 1 is 0.967 bits per heavy atom. The highest BCUT2D eigenvalue weighted by Crippen LogP contribution is 2.23. The van der Waals surface area contributed by atoms with E-state index >= 15 is 0 Å². The molecule has 1 amide bonds. The van der Waals surface area contributed by atoms with E-state index in [1.807, 2.05) is 30.3 Å². The molecule has 3 rings (SSSR count). The van der Waals surface area contributed by atoms with Crippen molar-refractivity contribution in [1.82, 2.24) is 5.32 Å². The molecule has 1 N–H and O–H groups in total. The third-order valence-corrected chi connectivity index (χ3v) is 6.95. The quantitative estimate of drug-likeness (QED) is 0.576. The van der Waals surface area contributed by atoms with Gasteiger partial charge in [0.15, 0.2) is 0 Å². The van der Waals surface area contributed by atoms with Crippen molar-refractivity contribution in [3.8, 4) is 0 Å². The van der Waals surface area contributed by atoms with Crippen molar-refractivity contribution in [2.75, 3.05) is 17.9 Å². The summed E-state index contributed by atoms with van der Waals surface area (Å²) in [5.74, 6) is -0.0161. The van der Waals surface area contributed by atoms with E-state index in [0.29, 0.717) is 22.8 Å². The molecular formula is C23H23ClN2O3S. The van der Waals surface area contributed by atoms with Gasteiger partial charge in [0, 0.05) is 24.2 Å². The summed E-state index contributed by atoms with van der Waals surface area (Å²) in [5.41, 5.74) is 2.08. The van der Waals surface area contributed by atoms with Crippen LogP contribution in [0.1, 0.15) is 28.8 Å². The molecule has 7 heteroatoms. The molecule has 0 unspecified atom stereocenters. The average molecular weight is 443 g/mol. The van der Waals surface area contributed by atoms with Gasteiger partial charge in [-0.1, -0.05) is 48.9 Å². The van der Waals surface area contributed by atoms with Crippen molar-refractivity contribution in [2.45, 2.75) is 17.7 Å². The van der Waals surface area contributed by atoms with Gasteiger partial charge in [-0.3, -0.25) is 9.10 Å². The van der Waals surface area contributed by atoms with Crippen LogP contribution in [-0.2, 0) is 10.0 Å². The topological polar surface area (TPSA) is 66.5 Å². The zero-order valence-corrected chi connectivity index (χ0v) is 18.3. The molecule has 0 saturated heterocycles. The standard InChI is InChI=1S/C23H23ClN2O3S/c1-17(18-6-4-3-5-7-18)16-25-23(27)19-8-12-21(13-9-19)26(2)30(28,29)22-14-10-20(24)11-15-22/h3-15,17H,16H2,1-2H3,(H,25,27)/t17-/m1/s1. The summed E-state index contributed by atoms with van der Waals surface area (Å²) in [4.78, 5) is 12.6. The van der Waals surface area contributed by atoms with Gasteiger partial charge in [-0.15, -0.1) is 0 Å². The summed E-state index contributed by atoms with van der Waals surface area (Å²) in [6.07, 6.45) is 0. The van der Waals surface area contributed by atoms with Gasteiger partial charge in [-0.05, 0) is 60.0 Å². The Labute approximate surface area is 182 Å². The summed E-state index contributed by atoms with van der Waals surface area (Å²) in [7, 11) is -2.25. The van der Waals surface area contributed by atoms with Gasteiger partial charge in [0.1, 0.15) is 0 Å². The van der Waals surface area contributed by atoms with Crippen LogP contribution in [0, 0.1) is 0 Å². The van der Waals surface area contributed by atoms with Gasteiger partial charge >= 0.3 is 0 Å². The maximum Gasteiger partial charge on any atom is 0.264 e. The lowest BCUT2D eigenvalue weighted by Crippen LogP contribution is -2.28. The molecule has 30 heavy (non-hydrogen) atoms. The van der Waals surface area contributed by atoms with E-state index in [1.54, 1.807) is 24.3 Å². The zero-order valence-electron chi connectivity index (χ0n) is 16.7. The number of anilines is 1. The second-order valence-corrected chi connectivity index (χ2v) is 9.40. The van der Waals surface area contributed by atoms with Crippen LogP contribution in [0.4, 0.5) is 5.69 Å². The van der Waals surface area contributed by atoms with Crippen LogP contribution >= 0.6 is 11.6 Å². The van der Waals surface area contributed by atoms with Gasteiger partial charge in [-0.2, -0.15) is 0 Å². The van der Waals surface area contributed by atoms with E-state index in [0.717, 1.165) is 5.56 Å². The Morgan fingerprint density at radius 2 is 1.57 bits per heavy atom. The molecule has 1 atom stereocenters. The molecule has 0 aliphatic carbocycles. The lowest BCUT2D eigenvalue weighted by Gasteiger charge is -2.20. The number of nitrogens with one attached hydrogen (secondary N) is 1. The normalized spacial score (nSPS) is 12.2. The molecule has 0 aromatic heterocycles. The number of carbonyl (C=O) groups excluding carboxylic acids is 1. The number of rotatable bonds is 7. The minimum Gasteiger partial charge on any atom is -0.351 e. The Morgan fingerprint density at radius 3 is 2.17 bits per heavy atom. The summed E-state index contributed by atoms with van der Waals surface area (Å²) in [5, 5.41) is 3.39. The molecular weight excluding hydrogens is 420 g/mol. The zero-order chi connectivity index (χ0) is 21.7. The fourth-order valence-corrected chi connectivity index (χ4v) is 4.29. The first kappa shape index (κ1) is 21.9. The van der Waals surface area contributed by atoms with E-state index in [2.05, 4.69) is 12.2 Å². The number of halogens is 1. The highest BCUT2D eigenvalue weighted by atomic mass is 35.5. The molecule has 0 fully saturated rings. The molecule has 3 aromatic rings. The number of nitrogens with zero attached hydrogens (tertiary/aromatic N) is 1. The minimum atomic E-state index is -3.72. The van der Waals surface area contributed by atoms with Gasteiger partial charge in [-0.25, -0.2) is 8.42 Å². The predicted molar refractivity (Wildman–Crippen MR) is 121 cm³/mol. The molecule has 0 heterocycles. The highest BCUT2D eigenvalue weighted by Gasteiger charge is 2.21. The molecule has 156 valence electrons. The van der Waals surface area contributed by atoms with Gasteiger partial charge in [0.05, 0.1) is 10.6 Å². The Bertz CT molecular complexity index is 1100. The van der Waals surface area contributed by atoms with Crippen LogP contribution in [-0.4, -0.2) is 27.9 Å². The lowest BCUT2D eigenvalue weighted by molar-refractivity contribution is 0.0951. The maximum absolute atomic E-state index is 12.8. The molecule has 0 bridgehead atoms. The molecule has 3 aromatic carbocycles. The van der Waals surface area contributed by atoms with Crippen molar-refractivity contribution in [3.63, 3.8) is 0 Å². The molecule has 0 aliphatic rings. The molecule has 0 saturated carbocycles. The summed E-state index contributed by atoms with van der Waals surface area (Å²) in [6.45, 7) is 2.56. The number of amides is 1. The monoisotopic (exact) mass is 442 g/mol. The van der Waals surface area contributed by atoms with Crippen molar-refractivity contribution >= 4 is 33.2 Å². The van der Waals surface area contributed by atoms with Crippen molar-refractivity contribution in [2.24, 2.45) is 0 Å². The van der Waals surface area contributed by atoms with Crippen molar-refractivity contribution in [1.29, 1.82) is 0 Å². The lowest BCUT2D eigenvalue weighted by atomic mass is 10.0. The number of hydrogen-bond acceptors (Lipinski definition) is 3. The largest absolute Gasteiger partial charge is 0.351 e. The summed E-state index contributed by atoms with van der Waals surface area (Å²) >= 11 is 5.84. The first-order valence-corrected chi connectivity index (χ1v) is 11.3.